The third kappa shape index (κ3) is 5.77. The monoisotopic (exact) mass is 335 g/mol. The molecule has 0 aliphatic carbocycles. The lowest BCUT2D eigenvalue weighted by atomic mass is 10.0. The maximum Gasteiger partial charge on any atom is 0.122 e. The van der Waals surface area contributed by atoms with Crippen LogP contribution < -0.4 is 14.8 Å². The molecule has 0 saturated carbocycles. The molecule has 2 rings (SSSR count). The fourth-order valence-corrected chi connectivity index (χ4v) is 2.66. The van der Waals surface area contributed by atoms with Gasteiger partial charge in [0.2, 0.25) is 0 Å². The van der Waals surface area contributed by atoms with Crippen LogP contribution in [0.3, 0.4) is 0 Å². The van der Waals surface area contributed by atoms with Crippen LogP contribution in [-0.4, -0.2) is 20.3 Å². The zero-order chi connectivity index (χ0) is 15.9. The summed E-state index contributed by atoms with van der Waals surface area (Å²) >= 11 is 0. The molecule has 0 amide bonds. The first-order chi connectivity index (χ1) is 10.6. The van der Waals surface area contributed by atoms with Crippen LogP contribution in [0.15, 0.2) is 48.5 Å². The fraction of sp³-hybridized carbons (Fsp3) is 0.368. The van der Waals surface area contributed by atoms with Gasteiger partial charge in [-0.2, -0.15) is 0 Å². The van der Waals surface area contributed by atoms with E-state index in [1.807, 2.05) is 12.1 Å². The van der Waals surface area contributed by atoms with Gasteiger partial charge in [0.25, 0.3) is 0 Å². The number of nitrogens with one attached hydrogen (secondary N) is 1. The Morgan fingerprint density at radius 3 is 2.00 bits per heavy atom. The van der Waals surface area contributed by atoms with Crippen molar-refractivity contribution >= 4 is 12.4 Å². The van der Waals surface area contributed by atoms with Gasteiger partial charge in [0.1, 0.15) is 11.5 Å². The predicted molar refractivity (Wildman–Crippen MR) is 98.0 cm³/mol. The van der Waals surface area contributed by atoms with E-state index in [-0.39, 0.29) is 12.4 Å². The largest absolute Gasteiger partial charge is 0.497 e. The second-order valence-electron chi connectivity index (χ2n) is 5.63. The molecule has 0 aromatic heterocycles. The molecule has 0 bridgehead atoms. The fourth-order valence-electron chi connectivity index (χ4n) is 2.66. The molecule has 23 heavy (non-hydrogen) atoms. The summed E-state index contributed by atoms with van der Waals surface area (Å²) in [7, 11) is 3.36. The summed E-state index contributed by atoms with van der Waals surface area (Å²) in [6.07, 6.45) is 0.921. The first kappa shape index (κ1) is 19.3. The molecule has 0 saturated heterocycles. The molecular weight excluding hydrogens is 310 g/mol. The number of ether oxygens (including phenoxy) is 2. The lowest BCUT2D eigenvalue weighted by Gasteiger charge is -2.21. The summed E-state index contributed by atoms with van der Waals surface area (Å²) in [5.41, 5.74) is 2.51. The highest BCUT2D eigenvalue weighted by Crippen LogP contribution is 2.23. The smallest absolute Gasteiger partial charge is 0.122 e. The molecule has 0 heterocycles. The molecule has 0 radical (unpaired) electrons. The molecule has 0 aliphatic rings. The van der Waals surface area contributed by atoms with Crippen LogP contribution in [0.5, 0.6) is 11.5 Å². The van der Waals surface area contributed by atoms with Gasteiger partial charge in [-0.3, -0.25) is 0 Å². The molecule has 2 atom stereocenters. The minimum absolute atomic E-state index is 0. The third-order valence-corrected chi connectivity index (χ3v) is 3.79. The summed E-state index contributed by atoms with van der Waals surface area (Å²) in [5.74, 6) is 1.66. The van der Waals surface area contributed by atoms with E-state index < -0.39 is 0 Å². The van der Waals surface area contributed by atoms with Crippen LogP contribution in [-0.2, 0) is 6.42 Å². The van der Waals surface area contributed by atoms with Gasteiger partial charge in [0, 0.05) is 18.2 Å². The number of hydrogen-bond donors (Lipinski definition) is 1. The van der Waals surface area contributed by atoms with Crippen molar-refractivity contribution in [2.45, 2.75) is 32.4 Å². The summed E-state index contributed by atoms with van der Waals surface area (Å²) in [4.78, 5) is 0. The molecule has 0 aliphatic heterocycles. The van der Waals surface area contributed by atoms with Crippen molar-refractivity contribution < 1.29 is 9.47 Å². The number of methoxy groups -OCH3 is 2. The van der Waals surface area contributed by atoms with E-state index in [2.05, 4.69) is 55.6 Å². The van der Waals surface area contributed by atoms with Crippen LogP contribution in [0.2, 0.25) is 0 Å². The van der Waals surface area contributed by atoms with Gasteiger partial charge in [-0.25, -0.2) is 0 Å². The van der Waals surface area contributed by atoms with E-state index in [0.29, 0.717) is 12.1 Å². The Bertz CT molecular complexity index is 567. The summed E-state index contributed by atoms with van der Waals surface area (Å²) in [6.45, 7) is 4.39. The van der Waals surface area contributed by atoms with Crippen molar-refractivity contribution in [1.29, 1.82) is 0 Å². The molecule has 0 spiro atoms. The van der Waals surface area contributed by atoms with Crippen LogP contribution in [0.1, 0.15) is 31.0 Å². The zero-order valence-corrected chi connectivity index (χ0v) is 15.0. The normalized spacial score (nSPS) is 12.9. The van der Waals surface area contributed by atoms with Gasteiger partial charge < -0.3 is 14.8 Å². The molecule has 2 aromatic rings. The first-order valence-corrected chi connectivity index (χ1v) is 7.65. The second kappa shape index (κ2) is 9.43. The molecule has 1 unspecified atom stereocenters. The van der Waals surface area contributed by atoms with Gasteiger partial charge in [0.15, 0.2) is 0 Å². The topological polar surface area (TPSA) is 30.5 Å². The minimum atomic E-state index is 0. The molecule has 0 fully saturated rings. The van der Waals surface area contributed by atoms with Crippen molar-refractivity contribution in [3.05, 3.63) is 59.7 Å². The van der Waals surface area contributed by atoms with Gasteiger partial charge in [0.05, 0.1) is 14.2 Å². The number of benzene rings is 2. The van der Waals surface area contributed by atoms with E-state index in [4.69, 9.17) is 9.47 Å². The highest BCUT2D eigenvalue weighted by atomic mass is 35.5. The summed E-state index contributed by atoms with van der Waals surface area (Å²) < 4.78 is 10.7. The molecule has 3 nitrogen and oxygen atoms in total. The molecular formula is C19H26ClNO2. The summed E-state index contributed by atoms with van der Waals surface area (Å²) in [6, 6.07) is 17.2. The average molecular weight is 336 g/mol. The van der Waals surface area contributed by atoms with Gasteiger partial charge in [-0.05, 0) is 43.5 Å². The van der Waals surface area contributed by atoms with E-state index >= 15 is 0 Å². The summed E-state index contributed by atoms with van der Waals surface area (Å²) in [5, 5.41) is 3.64. The van der Waals surface area contributed by atoms with E-state index in [0.717, 1.165) is 17.9 Å². The standard InChI is InChI=1S/C19H25NO2.ClH/c1-14(20-15(2)17-8-6-5-7-9-17)10-16-11-18(21-3)13-19(12-16)22-4;/h5-9,11-15,20H,10H2,1-4H3;1H/t14?,15-;/m0./s1. The Balaban J connectivity index is 0.00000264. The van der Waals surface area contributed by atoms with Crippen molar-refractivity contribution in [1.82, 2.24) is 5.32 Å². The highest BCUT2D eigenvalue weighted by Gasteiger charge is 2.11. The second-order valence-corrected chi connectivity index (χ2v) is 5.63. The Kier molecular flexibility index (Phi) is 7.93. The van der Waals surface area contributed by atoms with E-state index in [1.54, 1.807) is 14.2 Å². The van der Waals surface area contributed by atoms with Crippen LogP contribution in [0.25, 0.3) is 0 Å². The lowest BCUT2D eigenvalue weighted by molar-refractivity contribution is 0.392. The van der Waals surface area contributed by atoms with Gasteiger partial charge in [-0.15, -0.1) is 12.4 Å². The van der Waals surface area contributed by atoms with E-state index in [1.165, 1.54) is 11.1 Å². The van der Waals surface area contributed by atoms with E-state index in [9.17, 15) is 0 Å². The number of hydrogen-bond acceptors (Lipinski definition) is 3. The zero-order valence-electron chi connectivity index (χ0n) is 14.2. The number of halogens is 1. The predicted octanol–water partition coefficient (Wildman–Crippen LogP) is 4.41. The maximum atomic E-state index is 5.33. The van der Waals surface area contributed by atoms with Crippen molar-refractivity contribution in [3.8, 4) is 11.5 Å². The van der Waals surface area contributed by atoms with Gasteiger partial charge >= 0.3 is 0 Å². The average Bonchev–Trinajstić information content (AvgIpc) is 2.55. The molecule has 1 N–H and O–H groups in total. The molecule has 2 aromatic carbocycles. The van der Waals surface area contributed by atoms with Crippen LogP contribution in [0.4, 0.5) is 0 Å². The Morgan fingerprint density at radius 2 is 1.48 bits per heavy atom. The number of rotatable bonds is 7. The first-order valence-electron chi connectivity index (χ1n) is 7.65. The van der Waals surface area contributed by atoms with Crippen molar-refractivity contribution in [3.63, 3.8) is 0 Å². The molecule has 4 heteroatoms. The van der Waals surface area contributed by atoms with Crippen LogP contribution in [0, 0.1) is 0 Å². The SMILES string of the molecule is COc1cc(CC(C)N[C@@H](C)c2ccccc2)cc(OC)c1.Cl. The van der Waals surface area contributed by atoms with Crippen molar-refractivity contribution in [2.75, 3.05) is 14.2 Å². The van der Waals surface area contributed by atoms with Crippen molar-refractivity contribution in [2.24, 2.45) is 0 Å². The van der Waals surface area contributed by atoms with Gasteiger partial charge in [-0.1, -0.05) is 30.3 Å². The molecule has 126 valence electrons. The highest BCUT2D eigenvalue weighted by molar-refractivity contribution is 5.85. The Labute approximate surface area is 145 Å². The maximum absolute atomic E-state index is 5.33. The Hall–Kier alpha value is -1.71. The quantitative estimate of drug-likeness (QED) is 0.813. The third-order valence-electron chi connectivity index (χ3n) is 3.79. The minimum Gasteiger partial charge on any atom is -0.497 e. The van der Waals surface area contributed by atoms with Crippen LogP contribution >= 0.6 is 12.4 Å². The Morgan fingerprint density at radius 1 is 0.913 bits per heavy atom. The lowest BCUT2D eigenvalue weighted by Crippen LogP contribution is -2.30.